The summed E-state index contributed by atoms with van der Waals surface area (Å²) in [6.07, 6.45) is 1.17. The second kappa shape index (κ2) is 7.37. The predicted molar refractivity (Wildman–Crippen MR) is 84.0 cm³/mol. The van der Waals surface area contributed by atoms with Gasteiger partial charge in [-0.3, -0.25) is 4.39 Å². The van der Waals surface area contributed by atoms with Gasteiger partial charge in [0.1, 0.15) is 6.67 Å². The number of azide groups is 1. The van der Waals surface area contributed by atoms with E-state index >= 15 is 0 Å². The molecule has 0 saturated carbocycles. The van der Waals surface area contributed by atoms with E-state index in [9.17, 15) is 4.39 Å². The van der Waals surface area contributed by atoms with Crippen LogP contribution in [0, 0.1) is 0 Å². The molecule has 9 heteroatoms. The van der Waals surface area contributed by atoms with Gasteiger partial charge in [0, 0.05) is 25.0 Å². The Morgan fingerprint density at radius 1 is 1.46 bits per heavy atom. The number of nitrogens with zero attached hydrogens (tertiary/aromatic N) is 7. The van der Waals surface area contributed by atoms with Crippen LogP contribution in [-0.4, -0.2) is 40.0 Å². The quantitative estimate of drug-likeness (QED) is 0.461. The number of fused-ring (bicyclic) bond motifs is 1. The monoisotopic (exact) mass is 331 g/mol. The van der Waals surface area contributed by atoms with Gasteiger partial charge in [-0.15, -0.1) is 5.10 Å². The Morgan fingerprint density at radius 2 is 2.25 bits per heavy atom. The summed E-state index contributed by atoms with van der Waals surface area (Å²) < 4.78 is 20.2. The highest BCUT2D eigenvalue weighted by atomic mass is 19.1. The normalized spacial score (nSPS) is 19.2. The van der Waals surface area contributed by atoms with Crippen LogP contribution in [0.3, 0.4) is 0 Å². The van der Waals surface area contributed by atoms with Crippen molar-refractivity contribution in [1.29, 1.82) is 0 Å². The summed E-state index contributed by atoms with van der Waals surface area (Å²) >= 11 is 0. The molecular formula is C15H18FN7O. The molecule has 3 atom stereocenters. The molecular weight excluding hydrogens is 313 g/mol. The fourth-order valence-electron chi connectivity index (χ4n) is 3.14. The minimum absolute atomic E-state index is 0.354. The SMILES string of the molecule is CO[C@H](c1ccc(C2CCn3nnnc3C2)cc1)[C@@H](CF)N=[N+]=[N-]. The minimum Gasteiger partial charge on any atom is -0.376 e. The largest absolute Gasteiger partial charge is 0.376 e. The van der Waals surface area contributed by atoms with E-state index in [1.54, 1.807) is 0 Å². The number of methoxy groups -OCH3 is 1. The van der Waals surface area contributed by atoms with Crippen molar-refractivity contribution in [2.24, 2.45) is 5.11 Å². The molecule has 0 bridgehead atoms. The molecule has 1 unspecified atom stereocenters. The van der Waals surface area contributed by atoms with E-state index in [1.807, 2.05) is 28.9 Å². The Labute approximate surface area is 138 Å². The van der Waals surface area contributed by atoms with Gasteiger partial charge in [0.25, 0.3) is 0 Å². The van der Waals surface area contributed by atoms with Gasteiger partial charge < -0.3 is 4.74 Å². The number of aromatic nitrogens is 4. The molecule has 126 valence electrons. The van der Waals surface area contributed by atoms with E-state index in [0.29, 0.717) is 5.92 Å². The van der Waals surface area contributed by atoms with Crippen molar-refractivity contribution >= 4 is 0 Å². The number of halogens is 1. The van der Waals surface area contributed by atoms with Gasteiger partial charge >= 0.3 is 0 Å². The fraction of sp³-hybridized carbons (Fsp3) is 0.533. The standard InChI is InChI=1S/C15H18FN7O/c1-24-15(13(9-16)18-20-17)11-4-2-10(3-5-11)12-6-7-23-14(8-12)19-21-22-23/h2-5,12-13,15H,6-9H2,1H3/t12?,13-,15-/m1/s1. The van der Waals surface area contributed by atoms with E-state index in [1.165, 1.54) is 12.7 Å². The number of rotatable bonds is 6. The van der Waals surface area contributed by atoms with Gasteiger partial charge in [-0.25, -0.2) is 4.68 Å². The highest BCUT2D eigenvalue weighted by Crippen LogP contribution is 2.30. The van der Waals surface area contributed by atoms with Crippen LogP contribution in [0.2, 0.25) is 0 Å². The lowest BCUT2D eigenvalue weighted by Crippen LogP contribution is -2.21. The zero-order valence-corrected chi connectivity index (χ0v) is 13.3. The molecule has 2 heterocycles. The molecule has 2 aromatic rings. The van der Waals surface area contributed by atoms with Crippen LogP contribution in [0.4, 0.5) is 4.39 Å². The van der Waals surface area contributed by atoms with Crippen molar-refractivity contribution in [2.75, 3.05) is 13.8 Å². The molecule has 1 aromatic carbocycles. The van der Waals surface area contributed by atoms with Crippen LogP contribution in [0.15, 0.2) is 29.4 Å². The Hall–Kier alpha value is -2.51. The molecule has 0 saturated heterocycles. The second-order valence-corrected chi connectivity index (χ2v) is 5.76. The number of aryl methyl sites for hydroxylation is 1. The molecule has 0 radical (unpaired) electrons. The van der Waals surface area contributed by atoms with Gasteiger partial charge in [0.05, 0.1) is 12.1 Å². The van der Waals surface area contributed by atoms with Gasteiger partial charge in [-0.2, -0.15) is 0 Å². The number of alkyl halides is 1. The highest BCUT2D eigenvalue weighted by Gasteiger charge is 2.24. The predicted octanol–water partition coefficient (Wildman–Crippen LogP) is 2.74. The molecule has 24 heavy (non-hydrogen) atoms. The summed E-state index contributed by atoms with van der Waals surface area (Å²) in [5.74, 6) is 1.25. The Bertz CT molecular complexity index is 726. The van der Waals surface area contributed by atoms with Gasteiger partial charge in [0.15, 0.2) is 5.82 Å². The fourth-order valence-corrected chi connectivity index (χ4v) is 3.14. The van der Waals surface area contributed by atoms with Crippen LogP contribution in [0.1, 0.15) is 35.4 Å². The van der Waals surface area contributed by atoms with Gasteiger partial charge in [-0.05, 0) is 39.4 Å². The van der Waals surface area contributed by atoms with Crippen molar-refractivity contribution in [1.82, 2.24) is 20.2 Å². The summed E-state index contributed by atoms with van der Waals surface area (Å²) in [6.45, 7) is 0.0336. The van der Waals surface area contributed by atoms with Crippen LogP contribution >= 0.6 is 0 Å². The highest BCUT2D eigenvalue weighted by molar-refractivity contribution is 5.28. The lowest BCUT2D eigenvalue weighted by Gasteiger charge is -2.23. The maximum atomic E-state index is 13.1. The van der Waals surface area contributed by atoms with E-state index < -0.39 is 18.8 Å². The first-order valence-corrected chi connectivity index (χ1v) is 7.74. The zero-order chi connectivity index (χ0) is 16.9. The van der Waals surface area contributed by atoms with E-state index in [4.69, 9.17) is 10.3 Å². The molecule has 1 aromatic heterocycles. The van der Waals surface area contributed by atoms with Gasteiger partial charge in [0.2, 0.25) is 0 Å². The number of hydrogen-bond donors (Lipinski definition) is 0. The smallest absolute Gasteiger partial charge is 0.151 e. The Balaban J connectivity index is 1.76. The second-order valence-electron chi connectivity index (χ2n) is 5.76. The van der Waals surface area contributed by atoms with Crippen LogP contribution < -0.4 is 0 Å². The summed E-state index contributed by atoms with van der Waals surface area (Å²) in [6, 6.07) is 6.95. The molecule has 0 aliphatic carbocycles. The van der Waals surface area contributed by atoms with E-state index in [2.05, 4.69) is 25.6 Å². The van der Waals surface area contributed by atoms with Crippen molar-refractivity contribution < 1.29 is 9.13 Å². The molecule has 3 rings (SSSR count). The third-order valence-electron chi connectivity index (χ3n) is 4.42. The van der Waals surface area contributed by atoms with Crippen LogP contribution in [0.25, 0.3) is 10.4 Å². The number of hydrogen-bond acceptors (Lipinski definition) is 5. The van der Waals surface area contributed by atoms with Crippen LogP contribution in [0.5, 0.6) is 0 Å². The minimum atomic E-state index is -0.870. The molecule has 8 nitrogen and oxygen atoms in total. The van der Waals surface area contributed by atoms with Crippen molar-refractivity contribution in [2.45, 2.75) is 37.5 Å². The first kappa shape index (κ1) is 16.4. The lowest BCUT2D eigenvalue weighted by atomic mass is 9.89. The topological polar surface area (TPSA) is 102 Å². The van der Waals surface area contributed by atoms with Crippen molar-refractivity contribution in [3.05, 3.63) is 51.7 Å². The summed E-state index contributed by atoms with van der Waals surface area (Å²) in [7, 11) is 1.48. The summed E-state index contributed by atoms with van der Waals surface area (Å²) in [5, 5.41) is 15.2. The third-order valence-corrected chi connectivity index (χ3v) is 4.42. The van der Waals surface area contributed by atoms with Crippen molar-refractivity contribution in [3.8, 4) is 0 Å². The zero-order valence-electron chi connectivity index (χ0n) is 13.3. The number of benzene rings is 1. The maximum Gasteiger partial charge on any atom is 0.151 e. The van der Waals surface area contributed by atoms with Gasteiger partial charge in [-0.1, -0.05) is 29.4 Å². The first-order valence-electron chi connectivity index (χ1n) is 7.74. The van der Waals surface area contributed by atoms with E-state index in [-0.39, 0.29) is 0 Å². The Morgan fingerprint density at radius 3 is 2.92 bits per heavy atom. The molecule has 0 amide bonds. The lowest BCUT2D eigenvalue weighted by molar-refractivity contribution is 0.0722. The third kappa shape index (κ3) is 3.22. The molecule has 1 aliphatic heterocycles. The average Bonchev–Trinajstić information content (AvgIpc) is 3.10. The number of ether oxygens (including phenoxy) is 1. The summed E-state index contributed by atoms with van der Waals surface area (Å²) in [5.41, 5.74) is 10.5. The van der Waals surface area contributed by atoms with E-state index in [0.717, 1.165) is 30.8 Å². The maximum absolute atomic E-state index is 13.1. The molecule has 0 spiro atoms. The average molecular weight is 331 g/mol. The van der Waals surface area contributed by atoms with Crippen molar-refractivity contribution in [3.63, 3.8) is 0 Å². The number of tetrazole rings is 1. The first-order chi connectivity index (χ1) is 11.8. The summed E-state index contributed by atoms with van der Waals surface area (Å²) in [4.78, 5) is 2.69. The Kier molecular flexibility index (Phi) is 5.02. The molecule has 0 N–H and O–H groups in total. The van der Waals surface area contributed by atoms with Crippen LogP contribution in [-0.2, 0) is 17.7 Å². The molecule has 0 fully saturated rings. The molecule has 1 aliphatic rings.